The van der Waals surface area contributed by atoms with Crippen molar-refractivity contribution in [3.8, 4) is 6.07 Å². The smallest absolute Gasteiger partial charge is 0.306 e. The first-order valence-electron chi connectivity index (χ1n) is 6.53. The Bertz CT molecular complexity index is 370. The van der Waals surface area contributed by atoms with Crippen LogP contribution in [0.1, 0.15) is 26.2 Å². The molecule has 0 radical (unpaired) electrons. The summed E-state index contributed by atoms with van der Waals surface area (Å²) >= 11 is 0. The quantitative estimate of drug-likeness (QED) is 0.786. The molecule has 1 N–H and O–H groups in total. The van der Waals surface area contributed by atoms with Gasteiger partial charge in [-0.05, 0) is 26.8 Å². The molecule has 1 atom stereocenters. The summed E-state index contributed by atoms with van der Waals surface area (Å²) in [4.78, 5) is 26.4. The number of likely N-dealkylation sites (tertiary alicyclic amines) is 1. The van der Waals surface area contributed by atoms with Crippen molar-refractivity contribution in [3.05, 3.63) is 0 Å². The highest BCUT2D eigenvalue weighted by Crippen LogP contribution is 2.17. The predicted molar refractivity (Wildman–Crippen MR) is 69.3 cm³/mol. The summed E-state index contributed by atoms with van der Waals surface area (Å²) in [6.07, 6.45) is 1.45. The molecule has 0 bridgehead atoms. The van der Waals surface area contributed by atoms with E-state index in [1.165, 1.54) is 0 Å². The first-order chi connectivity index (χ1) is 8.95. The SMILES string of the molecule is CC(CC#N)N(C)CC(=O)N1CCC(C(=O)O)CC1. The molecule has 6 heteroatoms. The lowest BCUT2D eigenvalue weighted by Gasteiger charge is -2.32. The summed E-state index contributed by atoms with van der Waals surface area (Å²) < 4.78 is 0. The van der Waals surface area contributed by atoms with E-state index in [1.54, 1.807) is 4.90 Å². The minimum atomic E-state index is -0.771. The van der Waals surface area contributed by atoms with Gasteiger partial charge in [-0.1, -0.05) is 0 Å². The van der Waals surface area contributed by atoms with Crippen LogP contribution in [0.25, 0.3) is 0 Å². The molecule has 1 unspecified atom stereocenters. The molecule has 1 aliphatic heterocycles. The number of piperidine rings is 1. The topological polar surface area (TPSA) is 84.6 Å². The van der Waals surface area contributed by atoms with E-state index in [0.29, 0.717) is 32.4 Å². The van der Waals surface area contributed by atoms with Crippen LogP contribution >= 0.6 is 0 Å². The van der Waals surface area contributed by atoms with E-state index in [-0.39, 0.29) is 24.4 Å². The van der Waals surface area contributed by atoms with Gasteiger partial charge in [-0.25, -0.2) is 0 Å². The number of carboxylic acids is 1. The second-order valence-electron chi connectivity index (χ2n) is 5.12. The van der Waals surface area contributed by atoms with Gasteiger partial charge in [0.2, 0.25) is 5.91 Å². The number of carboxylic acid groups (broad SMARTS) is 1. The molecular weight excluding hydrogens is 246 g/mol. The third-order valence-corrected chi connectivity index (χ3v) is 3.72. The van der Waals surface area contributed by atoms with Gasteiger partial charge in [0.1, 0.15) is 0 Å². The molecule has 1 heterocycles. The minimum Gasteiger partial charge on any atom is -0.481 e. The zero-order valence-corrected chi connectivity index (χ0v) is 11.5. The first kappa shape index (κ1) is 15.4. The third kappa shape index (κ3) is 4.52. The van der Waals surface area contributed by atoms with Crippen LogP contribution in [0.4, 0.5) is 0 Å². The third-order valence-electron chi connectivity index (χ3n) is 3.72. The Hall–Kier alpha value is -1.61. The summed E-state index contributed by atoms with van der Waals surface area (Å²) in [6.45, 7) is 3.21. The van der Waals surface area contributed by atoms with Crippen molar-refractivity contribution in [2.24, 2.45) is 5.92 Å². The second-order valence-corrected chi connectivity index (χ2v) is 5.12. The largest absolute Gasteiger partial charge is 0.481 e. The summed E-state index contributed by atoms with van der Waals surface area (Å²) in [5.74, 6) is -1.08. The lowest BCUT2D eigenvalue weighted by atomic mass is 9.97. The molecular formula is C13H21N3O3. The molecule has 19 heavy (non-hydrogen) atoms. The molecule has 0 aromatic heterocycles. The molecule has 0 aromatic carbocycles. The lowest BCUT2D eigenvalue weighted by Crippen LogP contribution is -2.45. The summed E-state index contributed by atoms with van der Waals surface area (Å²) in [5, 5.41) is 17.5. The van der Waals surface area contributed by atoms with E-state index >= 15 is 0 Å². The summed E-state index contributed by atoms with van der Waals surface area (Å²) in [7, 11) is 1.82. The number of carbonyl (C=O) groups excluding carboxylic acids is 1. The molecule has 0 aromatic rings. The zero-order valence-electron chi connectivity index (χ0n) is 11.5. The van der Waals surface area contributed by atoms with Crippen molar-refractivity contribution in [1.29, 1.82) is 5.26 Å². The van der Waals surface area contributed by atoms with Crippen LogP contribution < -0.4 is 0 Å². The fourth-order valence-corrected chi connectivity index (χ4v) is 2.13. The molecule has 0 aliphatic carbocycles. The molecule has 1 saturated heterocycles. The van der Waals surface area contributed by atoms with Crippen LogP contribution in [0.2, 0.25) is 0 Å². The number of hydrogen-bond donors (Lipinski definition) is 1. The number of aliphatic carboxylic acids is 1. The molecule has 1 amide bonds. The van der Waals surface area contributed by atoms with E-state index < -0.39 is 5.97 Å². The maximum atomic E-state index is 12.0. The van der Waals surface area contributed by atoms with Crippen LogP contribution in [0.3, 0.4) is 0 Å². The highest BCUT2D eigenvalue weighted by Gasteiger charge is 2.27. The number of amides is 1. The van der Waals surface area contributed by atoms with Crippen molar-refractivity contribution in [1.82, 2.24) is 9.80 Å². The Morgan fingerprint density at radius 1 is 1.47 bits per heavy atom. The first-order valence-corrected chi connectivity index (χ1v) is 6.53. The Morgan fingerprint density at radius 2 is 2.05 bits per heavy atom. The van der Waals surface area contributed by atoms with Gasteiger partial charge in [0, 0.05) is 19.1 Å². The maximum Gasteiger partial charge on any atom is 0.306 e. The highest BCUT2D eigenvalue weighted by atomic mass is 16.4. The maximum absolute atomic E-state index is 12.0. The number of nitriles is 1. The average Bonchev–Trinajstić information content (AvgIpc) is 2.38. The standard InChI is InChI=1S/C13H21N3O3/c1-10(3-6-14)15(2)9-12(17)16-7-4-11(5-8-16)13(18)19/h10-11H,3-5,7-9H2,1-2H3,(H,18,19). The van der Waals surface area contributed by atoms with Gasteiger partial charge in [-0.3, -0.25) is 14.5 Å². The number of rotatable bonds is 5. The fraction of sp³-hybridized carbons (Fsp3) is 0.769. The van der Waals surface area contributed by atoms with Gasteiger partial charge < -0.3 is 10.0 Å². The second kappa shape index (κ2) is 7.10. The van der Waals surface area contributed by atoms with Gasteiger partial charge >= 0.3 is 5.97 Å². The Labute approximate surface area is 113 Å². The van der Waals surface area contributed by atoms with Crippen LogP contribution in [-0.2, 0) is 9.59 Å². The lowest BCUT2D eigenvalue weighted by molar-refractivity contribution is -0.146. The van der Waals surface area contributed by atoms with E-state index in [1.807, 2.05) is 18.9 Å². The zero-order chi connectivity index (χ0) is 14.4. The van der Waals surface area contributed by atoms with Gasteiger partial charge in [0.15, 0.2) is 0 Å². The number of hydrogen-bond acceptors (Lipinski definition) is 4. The Balaban J connectivity index is 2.39. The molecule has 6 nitrogen and oxygen atoms in total. The van der Waals surface area contributed by atoms with Crippen LogP contribution in [0.5, 0.6) is 0 Å². The van der Waals surface area contributed by atoms with Crippen molar-refractivity contribution >= 4 is 11.9 Å². The van der Waals surface area contributed by atoms with Crippen molar-refractivity contribution in [3.63, 3.8) is 0 Å². The fourth-order valence-electron chi connectivity index (χ4n) is 2.13. The van der Waals surface area contributed by atoms with Gasteiger partial charge in [0.05, 0.1) is 25.0 Å². The van der Waals surface area contributed by atoms with Gasteiger partial charge in [-0.2, -0.15) is 5.26 Å². The predicted octanol–water partition coefficient (Wildman–Crippen LogP) is 0.544. The Kier molecular flexibility index (Phi) is 5.77. The summed E-state index contributed by atoms with van der Waals surface area (Å²) in [6, 6.07) is 2.13. The van der Waals surface area contributed by atoms with Crippen molar-refractivity contribution < 1.29 is 14.7 Å². The average molecular weight is 267 g/mol. The van der Waals surface area contributed by atoms with E-state index in [2.05, 4.69) is 6.07 Å². The normalized spacial score (nSPS) is 18.1. The molecule has 106 valence electrons. The molecule has 1 aliphatic rings. The monoisotopic (exact) mass is 267 g/mol. The Morgan fingerprint density at radius 3 is 2.53 bits per heavy atom. The number of nitrogens with zero attached hydrogens (tertiary/aromatic N) is 3. The summed E-state index contributed by atoms with van der Waals surface area (Å²) in [5.41, 5.74) is 0. The van der Waals surface area contributed by atoms with Gasteiger partial charge in [0.25, 0.3) is 0 Å². The van der Waals surface area contributed by atoms with Crippen molar-refractivity contribution in [2.75, 3.05) is 26.7 Å². The number of carbonyl (C=O) groups is 2. The highest BCUT2D eigenvalue weighted by molar-refractivity contribution is 5.79. The van der Waals surface area contributed by atoms with E-state index in [0.717, 1.165) is 0 Å². The molecule has 0 spiro atoms. The molecule has 1 fully saturated rings. The van der Waals surface area contributed by atoms with E-state index in [4.69, 9.17) is 10.4 Å². The van der Waals surface area contributed by atoms with Crippen LogP contribution in [0, 0.1) is 17.2 Å². The molecule has 1 rings (SSSR count). The minimum absolute atomic E-state index is 0.0103. The number of likely N-dealkylation sites (N-methyl/N-ethyl adjacent to an activating group) is 1. The van der Waals surface area contributed by atoms with Crippen LogP contribution in [0.15, 0.2) is 0 Å². The van der Waals surface area contributed by atoms with Gasteiger partial charge in [-0.15, -0.1) is 0 Å². The van der Waals surface area contributed by atoms with E-state index in [9.17, 15) is 9.59 Å². The molecule has 0 saturated carbocycles. The van der Waals surface area contributed by atoms with Crippen molar-refractivity contribution in [2.45, 2.75) is 32.2 Å². The van der Waals surface area contributed by atoms with Crippen LogP contribution in [-0.4, -0.2) is 59.5 Å².